The van der Waals surface area contributed by atoms with E-state index in [4.69, 9.17) is 14.7 Å². The highest BCUT2D eigenvalue weighted by Crippen LogP contribution is 2.29. The first-order valence-corrected chi connectivity index (χ1v) is 11.3. The molecule has 0 fully saturated rings. The van der Waals surface area contributed by atoms with Gasteiger partial charge in [0.15, 0.2) is 6.61 Å². The number of hydrogen-bond acceptors (Lipinski definition) is 5. The third kappa shape index (κ3) is 6.58. The minimum atomic E-state index is -0.661. The van der Waals surface area contributed by atoms with Crippen LogP contribution in [-0.4, -0.2) is 46.1 Å². The van der Waals surface area contributed by atoms with E-state index < -0.39 is 6.10 Å². The number of aliphatic hydroxyl groups is 1. The zero-order valence-electron chi connectivity index (χ0n) is 19.9. The number of aliphatic hydroxyl groups excluding tert-OH is 1. The molecule has 0 saturated carbocycles. The molecule has 35 heavy (non-hydrogen) atoms. The third-order valence-corrected chi connectivity index (χ3v) is 5.68. The molecule has 8 heteroatoms. The summed E-state index contributed by atoms with van der Waals surface area (Å²) in [6.45, 7) is 4.82. The van der Waals surface area contributed by atoms with Crippen LogP contribution in [0.4, 0.5) is 0 Å². The van der Waals surface area contributed by atoms with Crippen molar-refractivity contribution >= 4 is 23.3 Å². The average molecular weight is 495 g/mol. The number of para-hydroxylation sites is 3. The fourth-order valence-corrected chi connectivity index (χ4v) is 4.03. The number of aromatic nitrogens is 2. The lowest BCUT2D eigenvalue weighted by Crippen LogP contribution is -2.46. The number of nitriles is 1. The number of benzene rings is 2. The molecule has 0 aliphatic rings. The van der Waals surface area contributed by atoms with Gasteiger partial charge in [-0.1, -0.05) is 24.3 Å². The minimum Gasteiger partial charge on any atom is -0.489 e. The third-order valence-electron chi connectivity index (χ3n) is 5.68. The fraction of sp³-hybridized carbons (Fsp3) is 0.296. The smallest absolute Gasteiger partial charge is 0.174 e. The van der Waals surface area contributed by atoms with Crippen LogP contribution in [0.25, 0.3) is 16.6 Å². The van der Waals surface area contributed by atoms with E-state index in [1.54, 1.807) is 0 Å². The maximum absolute atomic E-state index is 10.6. The van der Waals surface area contributed by atoms with Gasteiger partial charge in [0.25, 0.3) is 0 Å². The Morgan fingerprint density at radius 3 is 2.57 bits per heavy atom. The summed E-state index contributed by atoms with van der Waals surface area (Å²) >= 11 is 0. The van der Waals surface area contributed by atoms with E-state index in [9.17, 15) is 5.11 Å². The summed E-state index contributed by atoms with van der Waals surface area (Å²) in [5, 5.41) is 23.9. The molecular weight excluding hydrogens is 464 g/mol. The largest absolute Gasteiger partial charge is 0.489 e. The first kappa shape index (κ1) is 26.2. The van der Waals surface area contributed by atoms with Crippen molar-refractivity contribution in [3.05, 3.63) is 78.8 Å². The van der Waals surface area contributed by atoms with Gasteiger partial charge in [-0.2, -0.15) is 5.26 Å². The second-order valence-corrected chi connectivity index (χ2v) is 8.90. The van der Waals surface area contributed by atoms with Gasteiger partial charge in [0.2, 0.25) is 0 Å². The summed E-state index contributed by atoms with van der Waals surface area (Å²) in [7, 11) is 0. The number of β-amino-alcohol motifs (C(OH)–C–C–N with tert-alkyl or cyclic N) is 1. The Morgan fingerprint density at radius 1 is 1.06 bits per heavy atom. The molecule has 3 N–H and O–H groups in total. The number of hydrogen-bond donors (Lipinski definition) is 3. The Hall–Kier alpha value is -3.44. The lowest BCUT2D eigenvalue weighted by atomic mass is 9.94. The second kappa shape index (κ2) is 11.8. The van der Waals surface area contributed by atoms with E-state index in [-0.39, 0.29) is 31.2 Å². The van der Waals surface area contributed by atoms with Crippen molar-refractivity contribution in [2.45, 2.75) is 31.9 Å². The molecule has 7 nitrogen and oxygen atoms in total. The van der Waals surface area contributed by atoms with Crippen LogP contribution in [0.1, 0.15) is 19.4 Å². The molecule has 2 heterocycles. The van der Waals surface area contributed by atoms with Gasteiger partial charge >= 0.3 is 0 Å². The molecule has 2 aromatic carbocycles. The van der Waals surface area contributed by atoms with Crippen molar-refractivity contribution in [1.82, 2.24) is 14.9 Å². The first-order chi connectivity index (χ1) is 16.5. The highest BCUT2D eigenvalue weighted by atomic mass is 35.5. The normalized spacial score (nSPS) is 12.1. The molecule has 0 saturated heterocycles. The zero-order valence-corrected chi connectivity index (χ0v) is 20.7. The van der Waals surface area contributed by atoms with Gasteiger partial charge in [-0.25, -0.2) is 0 Å². The fourth-order valence-electron chi connectivity index (χ4n) is 4.03. The van der Waals surface area contributed by atoms with Gasteiger partial charge in [-0.3, -0.25) is 0 Å². The molecule has 1 atom stereocenters. The maximum Gasteiger partial charge on any atom is 0.174 e. The van der Waals surface area contributed by atoms with E-state index in [2.05, 4.69) is 24.1 Å². The van der Waals surface area contributed by atoms with Gasteiger partial charge in [0, 0.05) is 36.1 Å². The number of H-pyrrole nitrogens is 1. The number of rotatable bonds is 11. The molecular formula is C27H31ClN4O3. The number of nitrogens with one attached hydrogen (secondary N) is 2. The van der Waals surface area contributed by atoms with Crippen molar-refractivity contribution in [1.29, 1.82) is 5.26 Å². The van der Waals surface area contributed by atoms with Crippen molar-refractivity contribution in [3.8, 4) is 23.3 Å². The lowest BCUT2D eigenvalue weighted by molar-refractivity contribution is 0.0988. The van der Waals surface area contributed by atoms with Crippen molar-refractivity contribution in [3.63, 3.8) is 0 Å². The average Bonchev–Trinajstić information content (AvgIpc) is 3.51. The SMILES string of the molecule is CC(C)(Cc1c[nH]c2c(OCC#N)cccc12)NC[C@H](O)COc1ccccc1-n1cccc1.Cl. The standard InChI is InChI=1S/C27H30N4O3.ClH/c1-27(2,16-20-17-29-26-22(20)8-7-11-25(26)33-15-12-28)30-18-21(32)19-34-24-10-4-3-9-23(24)31-13-5-6-14-31;/h3-11,13-14,17,21,29-30,32H,15-16,18-19H2,1-2H3;1H/t21-;/m0./s1. The molecule has 0 unspecified atom stereocenters. The molecule has 0 amide bonds. The zero-order chi connectivity index (χ0) is 24.0. The van der Waals surface area contributed by atoms with E-state index in [0.29, 0.717) is 12.3 Å². The Balaban J connectivity index is 0.00000342. The minimum absolute atomic E-state index is 0. The van der Waals surface area contributed by atoms with Crippen LogP contribution in [0, 0.1) is 11.3 Å². The maximum atomic E-state index is 10.6. The van der Waals surface area contributed by atoms with Crippen LogP contribution in [0.2, 0.25) is 0 Å². The predicted octanol–water partition coefficient (Wildman–Crippen LogP) is 4.63. The van der Waals surface area contributed by atoms with E-state index >= 15 is 0 Å². The molecule has 4 aromatic rings. The Labute approximate surface area is 211 Å². The van der Waals surface area contributed by atoms with Crippen molar-refractivity contribution < 1.29 is 14.6 Å². The van der Waals surface area contributed by atoms with Crippen LogP contribution < -0.4 is 14.8 Å². The summed E-state index contributed by atoms with van der Waals surface area (Å²) in [6, 6.07) is 19.5. The topological polar surface area (TPSA) is 95.2 Å². The Kier molecular flexibility index (Phi) is 8.83. The summed E-state index contributed by atoms with van der Waals surface area (Å²) in [4.78, 5) is 3.27. The first-order valence-electron chi connectivity index (χ1n) is 11.3. The molecule has 4 rings (SSSR count). The lowest BCUT2D eigenvalue weighted by Gasteiger charge is -2.28. The molecule has 184 valence electrons. The predicted molar refractivity (Wildman–Crippen MR) is 140 cm³/mol. The molecule has 2 aromatic heterocycles. The van der Waals surface area contributed by atoms with Gasteiger partial charge in [0.05, 0.1) is 11.2 Å². The van der Waals surface area contributed by atoms with Crippen LogP contribution in [-0.2, 0) is 6.42 Å². The number of ether oxygens (including phenoxy) is 2. The molecule has 0 spiro atoms. The summed E-state index contributed by atoms with van der Waals surface area (Å²) in [5.74, 6) is 1.40. The molecule has 0 radical (unpaired) electrons. The Morgan fingerprint density at radius 2 is 1.80 bits per heavy atom. The van der Waals surface area contributed by atoms with E-state index in [1.165, 1.54) is 0 Å². The molecule has 0 aliphatic heterocycles. The number of aromatic amines is 1. The van der Waals surface area contributed by atoms with E-state index in [1.807, 2.05) is 83.8 Å². The summed E-state index contributed by atoms with van der Waals surface area (Å²) in [5.41, 5.74) is 2.70. The van der Waals surface area contributed by atoms with Crippen molar-refractivity contribution in [2.75, 3.05) is 19.8 Å². The Bertz CT molecular complexity index is 1260. The van der Waals surface area contributed by atoms with Crippen LogP contribution in [0.15, 0.2) is 73.2 Å². The second-order valence-electron chi connectivity index (χ2n) is 8.90. The van der Waals surface area contributed by atoms with Gasteiger partial charge in [-0.15, -0.1) is 12.4 Å². The highest BCUT2D eigenvalue weighted by molar-refractivity contribution is 5.88. The van der Waals surface area contributed by atoms with E-state index in [0.717, 1.165) is 34.3 Å². The number of halogens is 1. The number of nitrogens with zero attached hydrogens (tertiary/aromatic N) is 2. The van der Waals surface area contributed by atoms with Crippen LogP contribution in [0.3, 0.4) is 0 Å². The molecule has 0 aliphatic carbocycles. The van der Waals surface area contributed by atoms with Gasteiger partial charge < -0.3 is 29.4 Å². The summed E-state index contributed by atoms with van der Waals surface area (Å²) < 4.78 is 13.5. The highest BCUT2D eigenvalue weighted by Gasteiger charge is 2.22. The quantitative estimate of drug-likeness (QED) is 0.282. The monoisotopic (exact) mass is 494 g/mol. The number of fused-ring (bicyclic) bond motifs is 1. The van der Waals surface area contributed by atoms with Crippen molar-refractivity contribution in [2.24, 2.45) is 0 Å². The molecule has 0 bridgehead atoms. The van der Waals surface area contributed by atoms with Gasteiger partial charge in [0.1, 0.15) is 30.3 Å². The van der Waals surface area contributed by atoms with Gasteiger partial charge in [-0.05, 0) is 56.2 Å². The summed E-state index contributed by atoms with van der Waals surface area (Å²) in [6.07, 6.45) is 5.99. The van der Waals surface area contributed by atoms with Crippen LogP contribution in [0.5, 0.6) is 11.5 Å². The van der Waals surface area contributed by atoms with Crippen LogP contribution >= 0.6 is 12.4 Å².